The molecule has 0 bridgehead atoms. The Balaban J connectivity index is 2.82. The molecule has 0 aliphatic carbocycles. The summed E-state index contributed by atoms with van der Waals surface area (Å²) in [7, 11) is 1.68. The monoisotopic (exact) mass is 99.1 g/mol. The largest absolute Gasteiger partial charge is 0.371 e. The van der Waals surface area contributed by atoms with E-state index in [1.807, 2.05) is 0 Å². The summed E-state index contributed by atoms with van der Waals surface area (Å²) in [6, 6.07) is 0. The lowest BCUT2D eigenvalue weighted by atomic mass is 10.7. The summed E-state index contributed by atoms with van der Waals surface area (Å²) in [6.07, 6.45) is 2.84. The molecule has 3 nitrogen and oxygen atoms in total. The summed E-state index contributed by atoms with van der Waals surface area (Å²) in [4.78, 5) is 3.63. The van der Waals surface area contributed by atoms with Gasteiger partial charge in [0.2, 0.25) is 0 Å². The zero-order valence-corrected chi connectivity index (χ0v) is 4.31. The van der Waals surface area contributed by atoms with E-state index in [9.17, 15) is 0 Å². The molecule has 0 fully saturated rings. The van der Waals surface area contributed by atoms with E-state index >= 15 is 0 Å². The van der Waals surface area contributed by atoms with Gasteiger partial charge in [-0.05, 0) is 0 Å². The zero-order chi connectivity index (χ0) is 5.54. The minimum absolute atomic E-state index is 0.567. The molecule has 0 saturated carbocycles. The van der Waals surface area contributed by atoms with Crippen LogP contribution in [0.4, 0.5) is 0 Å². The van der Waals surface area contributed by atoms with Gasteiger partial charge in [-0.3, -0.25) is 4.99 Å². The first-order valence-electron chi connectivity index (χ1n) is 2.04. The average molecular weight is 99.1 g/mol. The topological polar surface area (TPSA) is 48.2 Å². The standard InChI is InChI=1S/C4H9N3/c1-6-4-7-3-2-5/h2,4-5H,3H2,1H3,(H,6,7). The molecule has 0 aromatic carbocycles. The number of hydrogen-bond acceptors (Lipinski definition) is 2. The molecule has 2 N–H and O–H groups in total. The van der Waals surface area contributed by atoms with Crippen LogP contribution in [0.5, 0.6) is 0 Å². The lowest BCUT2D eigenvalue weighted by Crippen LogP contribution is -2.12. The van der Waals surface area contributed by atoms with E-state index in [0.29, 0.717) is 6.54 Å². The molecule has 0 rings (SSSR count). The molecule has 0 spiro atoms. The second kappa shape index (κ2) is 5.14. The van der Waals surface area contributed by atoms with Crippen molar-refractivity contribution in [2.45, 2.75) is 0 Å². The summed E-state index contributed by atoms with van der Waals surface area (Å²) >= 11 is 0. The normalized spacial score (nSPS) is 9.29. The van der Waals surface area contributed by atoms with Gasteiger partial charge in [0.05, 0.1) is 12.9 Å². The van der Waals surface area contributed by atoms with Crippen molar-refractivity contribution in [1.29, 1.82) is 5.41 Å². The summed E-state index contributed by atoms with van der Waals surface area (Å²) in [5.41, 5.74) is 0. The Morgan fingerprint density at radius 2 is 2.57 bits per heavy atom. The van der Waals surface area contributed by atoms with Gasteiger partial charge in [-0.15, -0.1) is 0 Å². The Morgan fingerprint density at radius 1 is 1.86 bits per heavy atom. The van der Waals surface area contributed by atoms with Crippen LogP contribution in [0.2, 0.25) is 0 Å². The third-order valence-electron chi connectivity index (χ3n) is 0.440. The van der Waals surface area contributed by atoms with Crippen molar-refractivity contribution in [1.82, 2.24) is 5.32 Å². The molecule has 0 radical (unpaired) electrons. The van der Waals surface area contributed by atoms with Gasteiger partial charge in [0, 0.05) is 13.3 Å². The summed E-state index contributed by atoms with van der Waals surface area (Å²) in [5, 5.41) is 9.28. The van der Waals surface area contributed by atoms with Crippen LogP contribution in [0.1, 0.15) is 0 Å². The Kier molecular flexibility index (Phi) is 4.51. The molecule has 7 heavy (non-hydrogen) atoms. The van der Waals surface area contributed by atoms with Gasteiger partial charge < -0.3 is 10.7 Å². The Labute approximate surface area is 43.0 Å². The number of rotatable bonds is 3. The number of nitrogens with zero attached hydrogens (tertiary/aromatic N) is 1. The fourth-order valence-electron chi connectivity index (χ4n) is 0.203. The first kappa shape index (κ1) is 6.14. The van der Waals surface area contributed by atoms with E-state index in [4.69, 9.17) is 5.41 Å². The highest BCUT2D eigenvalue weighted by molar-refractivity contribution is 5.63. The van der Waals surface area contributed by atoms with Crippen LogP contribution >= 0.6 is 0 Å². The van der Waals surface area contributed by atoms with Crippen molar-refractivity contribution < 1.29 is 0 Å². The van der Waals surface area contributed by atoms with Crippen LogP contribution in [0, 0.1) is 5.41 Å². The highest BCUT2D eigenvalue weighted by Gasteiger charge is 1.64. The van der Waals surface area contributed by atoms with E-state index in [1.54, 1.807) is 13.4 Å². The minimum atomic E-state index is 0.567. The van der Waals surface area contributed by atoms with Crippen LogP contribution in [-0.2, 0) is 0 Å². The van der Waals surface area contributed by atoms with Gasteiger partial charge in [0.25, 0.3) is 0 Å². The molecule has 3 heteroatoms. The summed E-state index contributed by atoms with van der Waals surface area (Å²) < 4.78 is 0. The first-order chi connectivity index (χ1) is 3.41. The number of nitrogens with one attached hydrogen (secondary N) is 2. The molecular formula is C4H9N3. The lowest BCUT2D eigenvalue weighted by Gasteiger charge is -1.85. The van der Waals surface area contributed by atoms with Crippen LogP contribution < -0.4 is 5.32 Å². The average Bonchev–Trinajstić information content (AvgIpc) is 1.69. The smallest absolute Gasteiger partial charge is 0.0823 e. The van der Waals surface area contributed by atoms with Crippen LogP contribution in [0.15, 0.2) is 4.99 Å². The maximum absolute atomic E-state index is 6.53. The van der Waals surface area contributed by atoms with Gasteiger partial charge in [-0.2, -0.15) is 0 Å². The van der Waals surface area contributed by atoms with Gasteiger partial charge in [-0.1, -0.05) is 0 Å². The van der Waals surface area contributed by atoms with Gasteiger partial charge in [0.15, 0.2) is 0 Å². The molecule has 0 aliphatic heterocycles. The van der Waals surface area contributed by atoms with E-state index in [0.717, 1.165) is 0 Å². The molecule has 0 aromatic heterocycles. The van der Waals surface area contributed by atoms with E-state index in [-0.39, 0.29) is 0 Å². The molecule has 0 saturated heterocycles. The van der Waals surface area contributed by atoms with Crippen LogP contribution in [0.25, 0.3) is 0 Å². The van der Waals surface area contributed by atoms with Crippen molar-refractivity contribution in [2.24, 2.45) is 4.99 Å². The fraction of sp³-hybridized carbons (Fsp3) is 0.500. The predicted molar refractivity (Wildman–Crippen MR) is 31.2 cm³/mol. The molecule has 0 amide bonds. The quantitative estimate of drug-likeness (QED) is 0.289. The maximum atomic E-state index is 6.53. The highest BCUT2D eigenvalue weighted by Crippen LogP contribution is 1.45. The van der Waals surface area contributed by atoms with Crippen molar-refractivity contribution in [2.75, 3.05) is 13.6 Å². The van der Waals surface area contributed by atoms with Gasteiger partial charge in [0.1, 0.15) is 0 Å². The molecule has 0 aliphatic rings. The second-order valence-corrected chi connectivity index (χ2v) is 1.000. The zero-order valence-electron chi connectivity index (χ0n) is 4.31. The third kappa shape index (κ3) is 5.14. The van der Waals surface area contributed by atoms with E-state index in [1.165, 1.54) is 6.21 Å². The molecule has 0 atom stereocenters. The summed E-state index contributed by atoms with van der Waals surface area (Å²) in [5.74, 6) is 0. The van der Waals surface area contributed by atoms with E-state index < -0.39 is 0 Å². The molecule has 40 valence electrons. The minimum Gasteiger partial charge on any atom is -0.371 e. The van der Waals surface area contributed by atoms with Crippen molar-refractivity contribution in [3.63, 3.8) is 0 Å². The van der Waals surface area contributed by atoms with E-state index in [2.05, 4.69) is 10.3 Å². The number of hydrogen-bond donors (Lipinski definition) is 2. The Morgan fingerprint density at radius 3 is 3.00 bits per heavy atom. The second-order valence-electron chi connectivity index (χ2n) is 1.000. The SMILES string of the molecule is CN=CNCC=N. The fourth-order valence-corrected chi connectivity index (χ4v) is 0.203. The predicted octanol–water partition coefficient (Wildman–Crippen LogP) is -0.116. The molecule has 0 heterocycles. The molecule has 0 unspecified atom stereocenters. The Bertz CT molecular complexity index is 67.3. The van der Waals surface area contributed by atoms with Crippen LogP contribution in [0.3, 0.4) is 0 Å². The number of aliphatic imine (C=N–C) groups is 1. The van der Waals surface area contributed by atoms with Gasteiger partial charge >= 0.3 is 0 Å². The molecule has 0 aromatic rings. The molecular weight excluding hydrogens is 90.1 g/mol. The third-order valence-corrected chi connectivity index (χ3v) is 0.440. The van der Waals surface area contributed by atoms with Crippen molar-refractivity contribution in [3.05, 3.63) is 0 Å². The first-order valence-corrected chi connectivity index (χ1v) is 2.04. The maximum Gasteiger partial charge on any atom is 0.0823 e. The van der Waals surface area contributed by atoms with Crippen LogP contribution in [-0.4, -0.2) is 26.1 Å². The summed E-state index contributed by atoms with van der Waals surface area (Å²) in [6.45, 7) is 0.567. The van der Waals surface area contributed by atoms with Gasteiger partial charge in [-0.25, -0.2) is 0 Å². The van der Waals surface area contributed by atoms with Crippen molar-refractivity contribution >= 4 is 12.6 Å². The Hall–Kier alpha value is -0.860. The lowest BCUT2D eigenvalue weighted by molar-refractivity contribution is 1.11. The highest BCUT2D eigenvalue weighted by atomic mass is 14.9. The van der Waals surface area contributed by atoms with Crippen molar-refractivity contribution in [3.8, 4) is 0 Å².